The summed E-state index contributed by atoms with van der Waals surface area (Å²) < 4.78 is 65.5. The highest BCUT2D eigenvalue weighted by molar-refractivity contribution is 7.93. The molecule has 0 spiro atoms. The van der Waals surface area contributed by atoms with Crippen LogP contribution >= 0.6 is 0 Å². The predicted octanol–water partition coefficient (Wildman–Crippen LogP) is 3.87. The zero-order chi connectivity index (χ0) is 24.5. The SMILES string of the molecule is C=C/C(=C\C=C(/N)NCCC)S(=O)(=O)N1CCC(=NOCc2cccc(C(F)(F)F)c2)CC1. The second-order valence-corrected chi connectivity index (χ2v) is 9.29. The molecule has 11 heteroatoms. The molecule has 0 radical (unpaired) electrons. The molecule has 1 aromatic rings. The number of nitrogens with two attached hydrogens (primary N) is 1. The van der Waals surface area contributed by atoms with Crippen LogP contribution in [0.3, 0.4) is 0 Å². The fourth-order valence-corrected chi connectivity index (χ4v) is 4.43. The van der Waals surface area contributed by atoms with Crippen molar-refractivity contribution in [2.45, 2.75) is 39.0 Å². The number of alkyl halides is 3. The number of benzene rings is 1. The first-order chi connectivity index (χ1) is 15.6. The van der Waals surface area contributed by atoms with E-state index in [9.17, 15) is 21.6 Å². The quantitative estimate of drug-likeness (QED) is 0.387. The van der Waals surface area contributed by atoms with E-state index in [0.717, 1.165) is 18.6 Å². The molecule has 1 saturated heterocycles. The average Bonchev–Trinajstić information content (AvgIpc) is 2.78. The van der Waals surface area contributed by atoms with Gasteiger partial charge in [-0.05, 0) is 42.3 Å². The third-order valence-electron chi connectivity index (χ3n) is 4.82. The zero-order valence-corrected chi connectivity index (χ0v) is 19.3. The van der Waals surface area contributed by atoms with Crippen molar-refractivity contribution in [2.24, 2.45) is 10.9 Å². The van der Waals surface area contributed by atoms with Gasteiger partial charge in [-0.15, -0.1) is 0 Å². The molecule has 1 aromatic carbocycles. The minimum absolute atomic E-state index is 0.0323. The molecule has 1 aliphatic rings. The smallest absolute Gasteiger partial charge is 0.391 e. The van der Waals surface area contributed by atoms with E-state index in [1.165, 1.54) is 34.7 Å². The normalized spacial score (nSPS) is 16.4. The molecule has 1 aliphatic heterocycles. The number of nitrogens with one attached hydrogen (secondary N) is 1. The van der Waals surface area contributed by atoms with Crippen molar-refractivity contribution in [2.75, 3.05) is 19.6 Å². The Kier molecular flexibility index (Phi) is 9.54. The van der Waals surface area contributed by atoms with E-state index >= 15 is 0 Å². The Morgan fingerprint density at radius 1 is 1.30 bits per heavy atom. The summed E-state index contributed by atoms with van der Waals surface area (Å²) in [5.41, 5.74) is 6.03. The van der Waals surface area contributed by atoms with Gasteiger partial charge in [0.05, 0.1) is 22.0 Å². The van der Waals surface area contributed by atoms with Crippen LogP contribution in [0, 0.1) is 0 Å². The van der Waals surface area contributed by atoms with E-state index < -0.39 is 21.8 Å². The molecule has 0 aromatic heterocycles. The van der Waals surface area contributed by atoms with Crippen molar-refractivity contribution >= 4 is 15.7 Å². The van der Waals surface area contributed by atoms with Crippen LogP contribution in [-0.4, -0.2) is 38.1 Å². The number of sulfonamides is 1. The van der Waals surface area contributed by atoms with Crippen LogP contribution in [0.25, 0.3) is 0 Å². The van der Waals surface area contributed by atoms with Crippen LogP contribution in [0.2, 0.25) is 0 Å². The summed E-state index contributed by atoms with van der Waals surface area (Å²) in [6.07, 6.45) is 1.31. The van der Waals surface area contributed by atoms with Crippen molar-refractivity contribution in [1.29, 1.82) is 0 Å². The van der Waals surface area contributed by atoms with Crippen molar-refractivity contribution in [3.8, 4) is 0 Å². The number of hydrogen-bond donors (Lipinski definition) is 2. The van der Waals surface area contributed by atoms with Gasteiger partial charge in [-0.25, -0.2) is 8.42 Å². The summed E-state index contributed by atoms with van der Waals surface area (Å²) in [5, 5.41) is 6.94. The van der Waals surface area contributed by atoms with Gasteiger partial charge in [0.25, 0.3) is 0 Å². The van der Waals surface area contributed by atoms with E-state index in [1.54, 1.807) is 0 Å². The zero-order valence-electron chi connectivity index (χ0n) is 18.4. The molecule has 1 heterocycles. The van der Waals surface area contributed by atoms with Gasteiger partial charge in [0.1, 0.15) is 6.61 Å². The number of piperidine rings is 1. The van der Waals surface area contributed by atoms with E-state index in [4.69, 9.17) is 10.6 Å². The largest absolute Gasteiger partial charge is 0.416 e. The summed E-state index contributed by atoms with van der Waals surface area (Å²) in [6, 6.07) is 4.83. The molecule has 7 nitrogen and oxygen atoms in total. The third-order valence-corrected chi connectivity index (χ3v) is 6.77. The number of nitrogens with zero attached hydrogens (tertiary/aromatic N) is 2. The lowest BCUT2D eigenvalue weighted by molar-refractivity contribution is -0.137. The highest BCUT2D eigenvalue weighted by Gasteiger charge is 2.30. The van der Waals surface area contributed by atoms with Crippen LogP contribution in [0.5, 0.6) is 0 Å². The molecule has 182 valence electrons. The van der Waals surface area contributed by atoms with Crippen LogP contribution in [-0.2, 0) is 27.6 Å². The molecule has 0 amide bonds. The lowest BCUT2D eigenvalue weighted by atomic mass is 10.1. The molecule has 33 heavy (non-hydrogen) atoms. The van der Waals surface area contributed by atoms with Gasteiger partial charge >= 0.3 is 6.18 Å². The van der Waals surface area contributed by atoms with Crippen LogP contribution in [0.15, 0.2) is 65.0 Å². The fraction of sp³-hybridized carbons (Fsp3) is 0.409. The Hall–Kier alpha value is -2.79. The number of halogens is 3. The summed E-state index contributed by atoms with van der Waals surface area (Å²) in [5.74, 6) is 0.359. The number of hydrogen-bond acceptors (Lipinski definition) is 6. The van der Waals surface area contributed by atoms with Gasteiger partial charge in [0.2, 0.25) is 10.0 Å². The molecule has 0 unspecified atom stereocenters. The van der Waals surface area contributed by atoms with Crippen LogP contribution in [0.4, 0.5) is 13.2 Å². The van der Waals surface area contributed by atoms with E-state index in [0.29, 0.717) is 36.5 Å². The molecular formula is C22H29F3N4O3S. The second-order valence-electron chi connectivity index (χ2n) is 7.36. The third kappa shape index (κ3) is 7.93. The summed E-state index contributed by atoms with van der Waals surface area (Å²) in [6.45, 7) is 6.54. The first-order valence-corrected chi connectivity index (χ1v) is 11.9. The monoisotopic (exact) mass is 486 g/mol. The molecule has 0 bridgehead atoms. The van der Waals surface area contributed by atoms with Crippen LogP contribution in [0.1, 0.15) is 37.3 Å². The predicted molar refractivity (Wildman–Crippen MR) is 122 cm³/mol. The highest BCUT2D eigenvalue weighted by Crippen LogP contribution is 2.29. The Bertz CT molecular complexity index is 1010. The van der Waals surface area contributed by atoms with Gasteiger partial charge in [-0.1, -0.05) is 30.8 Å². The van der Waals surface area contributed by atoms with Crippen molar-refractivity contribution < 1.29 is 26.4 Å². The Morgan fingerprint density at radius 2 is 2.00 bits per heavy atom. The maximum absolute atomic E-state index is 12.9. The standard InChI is InChI=1S/C22H29F3N4O3S/c1-3-12-27-21(26)9-8-20(4-2)33(30,31)29-13-10-19(11-14-29)28-32-16-17-6-5-7-18(15-17)22(23,24)25/h4-9,15,27H,2-3,10-14,16,26H2,1H3/b20-8+,21-9+. The minimum Gasteiger partial charge on any atom is -0.391 e. The maximum atomic E-state index is 12.9. The molecular weight excluding hydrogens is 457 g/mol. The Labute approximate surface area is 192 Å². The van der Waals surface area contributed by atoms with Gasteiger partial charge in [0, 0.05) is 32.5 Å². The molecule has 1 fully saturated rings. The highest BCUT2D eigenvalue weighted by atomic mass is 32.2. The lowest BCUT2D eigenvalue weighted by Gasteiger charge is -2.27. The molecule has 0 atom stereocenters. The molecule has 3 N–H and O–H groups in total. The fourth-order valence-electron chi connectivity index (χ4n) is 3.02. The summed E-state index contributed by atoms with van der Waals surface area (Å²) >= 11 is 0. The van der Waals surface area contributed by atoms with Crippen molar-refractivity contribution in [1.82, 2.24) is 9.62 Å². The van der Waals surface area contributed by atoms with Crippen molar-refractivity contribution in [3.05, 3.63) is 70.9 Å². The van der Waals surface area contributed by atoms with Crippen molar-refractivity contribution in [3.63, 3.8) is 0 Å². The van der Waals surface area contributed by atoms with E-state index in [2.05, 4.69) is 17.1 Å². The lowest BCUT2D eigenvalue weighted by Crippen LogP contribution is -2.39. The van der Waals surface area contributed by atoms with Crippen LogP contribution < -0.4 is 11.1 Å². The Morgan fingerprint density at radius 3 is 2.61 bits per heavy atom. The minimum atomic E-state index is -4.42. The first-order valence-electron chi connectivity index (χ1n) is 10.5. The Balaban J connectivity index is 1.95. The van der Waals surface area contributed by atoms with E-state index in [-0.39, 0.29) is 24.6 Å². The molecule has 2 rings (SSSR count). The summed E-state index contributed by atoms with van der Waals surface area (Å²) in [4.78, 5) is 5.24. The second kappa shape index (κ2) is 11.9. The maximum Gasteiger partial charge on any atom is 0.416 e. The van der Waals surface area contributed by atoms with Gasteiger partial charge in [0.15, 0.2) is 0 Å². The van der Waals surface area contributed by atoms with Gasteiger partial charge in [-0.3, -0.25) is 0 Å². The number of allylic oxidation sites excluding steroid dienone is 3. The number of oxime groups is 1. The topological polar surface area (TPSA) is 97.0 Å². The first kappa shape index (κ1) is 26.5. The van der Waals surface area contributed by atoms with Gasteiger partial charge in [-0.2, -0.15) is 17.5 Å². The van der Waals surface area contributed by atoms with E-state index in [1.807, 2.05) is 6.92 Å². The molecule has 0 aliphatic carbocycles. The summed E-state index contributed by atoms with van der Waals surface area (Å²) in [7, 11) is -3.75. The van der Waals surface area contributed by atoms with Gasteiger partial charge < -0.3 is 15.9 Å². The average molecular weight is 487 g/mol. The number of rotatable bonds is 10. The molecule has 0 saturated carbocycles.